The maximum atomic E-state index is 13.7. The maximum absolute atomic E-state index is 13.7. The van der Waals surface area contributed by atoms with E-state index in [1.54, 1.807) is 6.33 Å². The van der Waals surface area contributed by atoms with E-state index >= 15 is 0 Å². The average molecular weight is 387 g/mol. The Morgan fingerprint density at radius 1 is 1.07 bits per heavy atom. The highest BCUT2D eigenvalue weighted by Gasteiger charge is 2.25. The van der Waals surface area contributed by atoms with E-state index < -0.39 is 23.4 Å². The van der Waals surface area contributed by atoms with Gasteiger partial charge in [0.05, 0.1) is 0 Å². The molecule has 2 N–H and O–H groups in total. The molecule has 8 heteroatoms. The number of halogens is 2. The fourth-order valence-corrected chi connectivity index (χ4v) is 3.96. The van der Waals surface area contributed by atoms with Crippen LogP contribution in [-0.4, -0.2) is 35.1 Å². The predicted molar refractivity (Wildman–Crippen MR) is 102 cm³/mol. The molecule has 0 saturated carbocycles. The van der Waals surface area contributed by atoms with Crippen molar-refractivity contribution >= 4 is 17.5 Å². The van der Waals surface area contributed by atoms with E-state index in [9.17, 15) is 13.6 Å². The van der Waals surface area contributed by atoms with Crippen LogP contribution in [0.3, 0.4) is 0 Å². The van der Waals surface area contributed by atoms with E-state index in [0.29, 0.717) is 0 Å². The number of benzene rings is 1. The van der Waals surface area contributed by atoms with Gasteiger partial charge in [0.2, 0.25) is 0 Å². The largest absolute Gasteiger partial charge is 0.356 e. The summed E-state index contributed by atoms with van der Waals surface area (Å²) >= 11 is 0. The number of hydrogen-bond donors (Lipinski definition) is 2. The van der Waals surface area contributed by atoms with Crippen molar-refractivity contribution in [2.45, 2.75) is 44.6 Å². The van der Waals surface area contributed by atoms with E-state index in [1.165, 1.54) is 18.1 Å². The van der Waals surface area contributed by atoms with Crippen molar-refractivity contribution in [3.8, 4) is 0 Å². The number of piperidine rings is 1. The number of para-hydroxylation sites is 1. The van der Waals surface area contributed by atoms with E-state index in [0.717, 1.165) is 68.8 Å². The summed E-state index contributed by atoms with van der Waals surface area (Å²) in [7, 11) is 0. The number of hydrogen-bond acceptors (Lipinski definition) is 4. The molecule has 0 spiro atoms. The van der Waals surface area contributed by atoms with Crippen LogP contribution >= 0.6 is 0 Å². The number of urea groups is 1. The number of fused-ring (bicyclic) bond motifs is 1. The number of carbonyl (C=O) groups excluding carboxylic acids is 1. The second kappa shape index (κ2) is 8.08. The highest BCUT2D eigenvalue weighted by Crippen LogP contribution is 2.29. The van der Waals surface area contributed by atoms with E-state index in [4.69, 9.17) is 0 Å². The van der Waals surface area contributed by atoms with Gasteiger partial charge in [-0.1, -0.05) is 6.07 Å². The minimum absolute atomic E-state index is 0.0521. The van der Waals surface area contributed by atoms with Crippen LogP contribution in [0.2, 0.25) is 0 Å². The smallest absolute Gasteiger partial charge is 0.319 e. The number of nitrogens with one attached hydrogen (secondary N) is 2. The first-order chi connectivity index (χ1) is 13.6. The van der Waals surface area contributed by atoms with Gasteiger partial charge in [0.1, 0.15) is 29.5 Å². The molecular weight excluding hydrogens is 364 g/mol. The predicted octanol–water partition coefficient (Wildman–Crippen LogP) is 3.42. The van der Waals surface area contributed by atoms with Crippen LogP contribution in [0, 0.1) is 11.6 Å². The molecule has 2 heterocycles. The van der Waals surface area contributed by atoms with Crippen LogP contribution in [0.25, 0.3) is 0 Å². The van der Waals surface area contributed by atoms with Gasteiger partial charge in [0.25, 0.3) is 0 Å². The molecule has 1 saturated heterocycles. The third-order valence-electron chi connectivity index (χ3n) is 5.43. The lowest BCUT2D eigenvalue weighted by Gasteiger charge is -2.35. The number of aryl methyl sites for hydroxylation is 1. The molecule has 0 unspecified atom stereocenters. The van der Waals surface area contributed by atoms with Crippen molar-refractivity contribution in [1.29, 1.82) is 0 Å². The minimum atomic E-state index is -0.793. The fraction of sp³-hybridized carbons (Fsp3) is 0.450. The fourth-order valence-electron chi connectivity index (χ4n) is 3.96. The Balaban J connectivity index is 1.34. The lowest BCUT2D eigenvalue weighted by molar-refractivity contribution is 0.245. The molecule has 1 aromatic heterocycles. The maximum Gasteiger partial charge on any atom is 0.319 e. The van der Waals surface area contributed by atoms with E-state index in [1.807, 2.05) is 0 Å². The van der Waals surface area contributed by atoms with Gasteiger partial charge in [-0.3, -0.25) is 0 Å². The van der Waals surface area contributed by atoms with Crippen LogP contribution in [0.1, 0.15) is 36.9 Å². The lowest BCUT2D eigenvalue weighted by atomic mass is 9.95. The van der Waals surface area contributed by atoms with Gasteiger partial charge in [0.15, 0.2) is 0 Å². The van der Waals surface area contributed by atoms with Crippen molar-refractivity contribution in [2.24, 2.45) is 0 Å². The molecule has 6 nitrogen and oxygen atoms in total. The highest BCUT2D eigenvalue weighted by atomic mass is 19.1. The first-order valence-corrected chi connectivity index (χ1v) is 9.71. The molecule has 1 aromatic carbocycles. The van der Waals surface area contributed by atoms with Crippen molar-refractivity contribution in [2.75, 3.05) is 23.3 Å². The zero-order chi connectivity index (χ0) is 19.5. The third-order valence-corrected chi connectivity index (χ3v) is 5.43. The van der Waals surface area contributed by atoms with Crippen LogP contribution in [0.5, 0.6) is 0 Å². The summed E-state index contributed by atoms with van der Waals surface area (Å²) in [5.74, 6) is -0.571. The molecular formula is C20H23F2N5O. The quantitative estimate of drug-likeness (QED) is 0.847. The normalized spacial score (nSPS) is 17.1. The summed E-state index contributed by atoms with van der Waals surface area (Å²) in [5, 5.41) is 5.09. The molecule has 0 radical (unpaired) electrons. The van der Waals surface area contributed by atoms with Gasteiger partial charge in [-0.15, -0.1) is 0 Å². The lowest BCUT2D eigenvalue weighted by Crippen LogP contribution is -2.46. The molecule has 2 aromatic rings. The number of carbonyl (C=O) groups is 1. The van der Waals surface area contributed by atoms with Gasteiger partial charge < -0.3 is 15.5 Å². The number of nitrogens with zero attached hydrogens (tertiary/aromatic N) is 3. The highest BCUT2D eigenvalue weighted by molar-refractivity contribution is 5.89. The van der Waals surface area contributed by atoms with Crippen molar-refractivity contribution in [3.63, 3.8) is 0 Å². The Morgan fingerprint density at radius 3 is 2.54 bits per heavy atom. The van der Waals surface area contributed by atoms with Crippen LogP contribution < -0.4 is 15.5 Å². The Labute approximate surface area is 162 Å². The van der Waals surface area contributed by atoms with E-state index in [-0.39, 0.29) is 6.04 Å². The first kappa shape index (κ1) is 18.6. The van der Waals surface area contributed by atoms with Gasteiger partial charge in [-0.25, -0.2) is 23.5 Å². The van der Waals surface area contributed by atoms with Gasteiger partial charge in [-0.05, 0) is 50.7 Å². The van der Waals surface area contributed by atoms with Crippen LogP contribution in [0.4, 0.5) is 25.1 Å². The molecule has 28 heavy (non-hydrogen) atoms. The molecule has 1 fully saturated rings. The zero-order valence-electron chi connectivity index (χ0n) is 15.5. The van der Waals surface area contributed by atoms with E-state index in [2.05, 4.69) is 25.5 Å². The van der Waals surface area contributed by atoms with Crippen molar-refractivity contribution in [3.05, 3.63) is 47.4 Å². The Bertz CT molecular complexity index is 847. The molecule has 1 aliphatic heterocycles. The third kappa shape index (κ3) is 3.90. The topological polar surface area (TPSA) is 70.2 Å². The second-order valence-corrected chi connectivity index (χ2v) is 7.29. The van der Waals surface area contributed by atoms with Crippen molar-refractivity contribution < 1.29 is 13.6 Å². The van der Waals surface area contributed by atoms with Crippen LogP contribution in [0.15, 0.2) is 24.5 Å². The van der Waals surface area contributed by atoms with Gasteiger partial charge >= 0.3 is 6.03 Å². The SMILES string of the molecule is O=C(Nc1c(F)cccc1F)NC1CCN(c2ncnc3c2CCCC3)CC1. The Hall–Kier alpha value is -2.77. The summed E-state index contributed by atoms with van der Waals surface area (Å²) in [6.07, 6.45) is 7.49. The summed E-state index contributed by atoms with van der Waals surface area (Å²) in [4.78, 5) is 23.3. The van der Waals surface area contributed by atoms with Gasteiger partial charge in [0, 0.05) is 30.4 Å². The van der Waals surface area contributed by atoms with Gasteiger partial charge in [-0.2, -0.15) is 0 Å². The standard InChI is InChI=1S/C20H23F2N5O/c21-15-5-3-6-16(22)18(15)26-20(28)25-13-8-10-27(11-9-13)19-14-4-1-2-7-17(14)23-12-24-19/h3,5-6,12-13H,1-2,4,7-11H2,(H2,25,26,28). The number of rotatable bonds is 3. The molecule has 2 aliphatic rings. The summed E-state index contributed by atoms with van der Waals surface area (Å²) in [6, 6.07) is 2.83. The molecule has 4 rings (SSSR count). The number of anilines is 2. The Morgan fingerprint density at radius 2 is 1.79 bits per heavy atom. The summed E-state index contributed by atoms with van der Waals surface area (Å²) in [5.41, 5.74) is 1.99. The molecule has 0 atom stereocenters. The molecule has 2 amide bonds. The summed E-state index contributed by atoms with van der Waals surface area (Å²) in [6.45, 7) is 1.53. The minimum Gasteiger partial charge on any atom is -0.356 e. The summed E-state index contributed by atoms with van der Waals surface area (Å²) < 4.78 is 27.3. The number of aromatic nitrogens is 2. The molecule has 0 bridgehead atoms. The average Bonchev–Trinajstić information content (AvgIpc) is 2.71. The Kier molecular flexibility index (Phi) is 5.36. The second-order valence-electron chi connectivity index (χ2n) is 7.29. The zero-order valence-corrected chi connectivity index (χ0v) is 15.5. The monoisotopic (exact) mass is 387 g/mol. The molecule has 1 aliphatic carbocycles. The first-order valence-electron chi connectivity index (χ1n) is 9.71. The van der Waals surface area contributed by atoms with Crippen molar-refractivity contribution in [1.82, 2.24) is 15.3 Å². The van der Waals surface area contributed by atoms with Crippen LogP contribution in [-0.2, 0) is 12.8 Å². The number of amides is 2. The molecule has 148 valence electrons.